The highest BCUT2D eigenvalue weighted by atomic mass is 127. The Morgan fingerprint density at radius 2 is 2.00 bits per heavy atom. The van der Waals surface area contributed by atoms with Crippen LogP contribution in [0.25, 0.3) is 0 Å². The molecule has 1 nitrogen and oxygen atoms in total. The molecule has 0 aromatic rings. The number of rotatable bonds is 1. The molecule has 0 heterocycles. The molecule has 0 aliphatic heterocycles. The minimum absolute atomic E-state index is 0.618. The molecule has 0 saturated carbocycles. The first-order valence-corrected chi connectivity index (χ1v) is 3.52. The van der Waals surface area contributed by atoms with Crippen LogP contribution < -0.4 is 0 Å². The third-order valence-electron chi connectivity index (χ3n) is 0.561. The van der Waals surface area contributed by atoms with E-state index in [4.69, 9.17) is 0 Å². The fourth-order valence-electron chi connectivity index (χ4n) is 0. The van der Waals surface area contributed by atoms with Crippen LogP contribution >= 0.6 is 32.0 Å². The van der Waals surface area contributed by atoms with E-state index in [9.17, 15) is 0 Å². The van der Waals surface area contributed by atoms with E-state index in [1.807, 2.05) is 7.05 Å². The maximum atomic E-state index is 2.60. The standard InChI is InChI=1S/C3H9INP/c1-3(4)5(2)6/h3H,6H2,1-2H3. The molecule has 0 N–H and O–H groups in total. The molecule has 38 valence electrons. The molecule has 0 aliphatic rings. The van der Waals surface area contributed by atoms with Crippen LogP contribution in [0.4, 0.5) is 0 Å². The third-order valence-corrected chi connectivity index (χ3v) is 2.49. The molecule has 2 unspecified atom stereocenters. The van der Waals surface area contributed by atoms with Crippen LogP contribution in [0.15, 0.2) is 0 Å². The lowest BCUT2D eigenvalue weighted by Crippen LogP contribution is -2.09. The van der Waals surface area contributed by atoms with Crippen molar-refractivity contribution in [1.29, 1.82) is 0 Å². The summed E-state index contributed by atoms with van der Waals surface area (Å²) in [6, 6.07) is 0. The van der Waals surface area contributed by atoms with Gasteiger partial charge in [0, 0.05) is 0 Å². The van der Waals surface area contributed by atoms with Crippen molar-refractivity contribution in [2.45, 2.75) is 11.0 Å². The van der Waals surface area contributed by atoms with Crippen LogP contribution in [0, 0.1) is 0 Å². The highest BCUT2D eigenvalue weighted by Crippen LogP contribution is 2.07. The predicted molar refractivity (Wildman–Crippen MR) is 41.0 cm³/mol. The molecule has 0 rings (SSSR count). The topological polar surface area (TPSA) is 3.24 Å². The summed E-state index contributed by atoms with van der Waals surface area (Å²) in [6.45, 7) is 2.13. The first kappa shape index (κ1) is 7.12. The smallest absolute Gasteiger partial charge is 0.0617 e. The second-order valence-corrected chi connectivity index (χ2v) is 3.86. The van der Waals surface area contributed by atoms with E-state index in [0.29, 0.717) is 4.05 Å². The van der Waals surface area contributed by atoms with Crippen molar-refractivity contribution in [3.05, 3.63) is 0 Å². The Morgan fingerprint density at radius 3 is 2.00 bits per heavy atom. The molecular weight excluding hydrogens is 208 g/mol. The van der Waals surface area contributed by atoms with Crippen molar-refractivity contribution in [2.75, 3.05) is 7.05 Å². The van der Waals surface area contributed by atoms with Crippen LogP contribution in [-0.4, -0.2) is 15.8 Å². The summed E-state index contributed by atoms with van der Waals surface area (Å²) in [5.41, 5.74) is 0. The summed E-state index contributed by atoms with van der Waals surface area (Å²) in [5, 5.41) is 0. The monoisotopic (exact) mass is 217 g/mol. The van der Waals surface area contributed by atoms with Gasteiger partial charge in [0.05, 0.1) is 4.05 Å². The fraction of sp³-hybridized carbons (Fsp3) is 1.00. The van der Waals surface area contributed by atoms with E-state index < -0.39 is 0 Å². The lowest BCUT2D eigenvalue weighted by atomic mass is 10.8. The van der Waals surface area contributed by atoms with Gasteiger partial charge in [0.15, 0.2) is 0 Å². The zero-order valence-corrected chi connectivity index (χ0v) is 7.29. The normalized spacial score (nSPS) is 15.5. The summed E-state index contributed by atoms with van der Waals surface area (Å²) in [6.07, 6.45) is 0. The minimum Gasteiger partial charge on any atom is -0.279 e. The van der Waals surface area contributed by atoms with Gasteiger partial charge in [0.1, 0.15) is 0 Å². The van der Waals surface area contributed by atoms with Crippen LogP contribution in [0.2, 0.25) is 0 Å². The van der Waals surface area contributed by atoms with Gasteiger partial charge < -0.3 is 0 Å². The molecule has 0 fully saturated rings. The van der Waals surface area contributed by atoms with Crippen LogP contribution in [0.3, 0.4) is 0 Å². The second-order valence-electron chi connectivity index (χ2n) is 1.24. The van der Waals surface area contributed by atoms with E-state index in [-0.39, 0.29) is 0 Å². The molecule has 0 radical (unpaired) electrons. The Kier molecular flexibility index (Phi) is 3.76. The van der Waals surface area contributed by atoms with Crippen molar-refractivity contribution in [3.8, 4) is 0 Å². The SMILES string of the molecule is CC(I)N(C)P. The largest absolute Gasteiger partial charge is 0.279 e. The first-order chi connectivity index (χ1) is 2.64. The lowest BCUT2D eigenvalue weighted by Gasteiger charge is -2.10. The van der Waals surface area contributed by atoms with Gasteiger partial charge in [-0.05, 0) is 14.0 Å². The van der Waals surface area contributed by atoms with E-state index in [1.165, 1.54) is 0 Å². The Balaban J connectivity index is 2.99. The van der Waals surface area contributed by atoms with Crippen molar-refractivity contribution in [2.24, 2.45) is 0 Å². The van der Waals surface area contributed by atoms with Gasteiger partial charge in [0.25, 0.3) is 0 Å². The van der Waals surface area contributed by atoms with E-state index in [0.717, 1.165) is 0 Å². The average molecular weight is 217 g/mol. The van der Waals surface area contributed by atoms with Gasteiger partial charge in [-0.3, -0.25) is 4.67 Å². The summed E-state index contributed by atoms with van der Waals surface area (Å²) >= 11 is 2.34. The molecule has 6 heavy (non-hydrogen) atoms. The Bertz CT molecular complexity index is 31.8. The molecule has 0 saturated heterocycles. The van der Waals surface area contributed by atoms with Gasteiger partial charge in [-0.25, -0.2) is 0 Å². The number of alkyl halides is 1. The van der Waals surface area contributed by atoms with Gasteiger partial charge in [0.2, 0.25) is 0 Å². The Morgan fingerprint density at radius 1 is 1.83 bits per heavy atom. The van der Waals surface area contributed by atoms with Crippen molar-refractivity contribution in [1.82, 2.24) is 4.67 Å². The van der Waals surface area contributed by atoms with Crippen LogP contribution in [0.5, 0.6) is 0 Å². The van der Waals surface area contributed by atoms with E-state index >= 15 is 0 Å². The maximum absolute atomic E-state index is 2.60. The van der Waals surface area contributed by atoms with Gasteiger partial charge in [-0.1, -0.05) is 32.0 Å². The highest BCUT2D eigenvalue weighted by Gasteiger charge is 1.92. The first-order valence-electron chi connectivity index (χ1n) is 1.76. The summed E-state index contributed by atoms with van der Waals surface area (Å²) in [5.74, 6) is 0. The second kappa shape index (κ2) is 3.16. The van der Waals surface area contributed by atoms with E-state index in [1.54, 1.807) is 0 Å². The van der Waals surface area contributed by atoms with Gasteiger partial charge in [-0.2, -0.15) is 0 Å². The Labute approximate surface area is 54.9 Å². The molecule has 0 amide bonds. The lowest BCUT2D eigenvalue weighted by molar-refractivity contribution is 0.580. The molecule has 0 aliphatic carbocycles. The van der Waals surface area contributed by atoms with Crippen molar-refractivity contribution < 1.29 is 0 Å². The van der Waals surface area contributed by atoms with Crippen molar-refractivity contribution in [3.63, 3.8) is 0 Å². The summed E-state index contributed by atoms with van der Waals surface area (Å²) in [4.78, 5) is 0. The average Bonchev–Trinajstić information content (AvgIpc) is 1.36. The van der Waals surface area contributed by atoms with Crippen molar-refractivity contribution >= 4 is 32.0 Å². The van der Waals surface area contributed by atoms with E-state index in [2.05, 4.69) is 43.6 Å². The zero-order chi connectivity index (χ0) is 5.15. The molecule has 0 aromatic heterocycles. The molecule has 3 heteroatoms. The number of hydrogen-bond acceptors (Lipinski definition) is 1. The maximum Gasteiger partial charge on any atom is 0.0617 e. The fourth-order valence-corrected chi connectivity index (χ4v) is 0. The number of hydrogen-bond donors (Lipinski definition) is 0. The molecule has 0 bridgehead atoms. The molecule has 0 spiro atoms. The number of halogens is 1. The highest BCUT2D eigenvalue weighted by molar-refractivity contribution is 14.1. The van der Waals surface area contributed by atoms with Gasteiger partial charge in [-0.15, -0.1) is 0 Å². The quantitative estimate of drug-likeness (QED) is 0.278. The molecule has 2 atom stereocenters. The number of nitrogens with zero attached hydrogens (tertiary/aromatic N) is 1. The minimum atomic E-state index is 0.618. The summed E-state index contributed by atoms with van der Waals surface area (Å²) < 4.78 is 2.69. The Hall–Kier alpha value is 1.12. The summed E-state index contributed by atoms with van der Waals surface area (Å²) in [7, 11) is 4.63. The zero-order valence-electron chi connectivity index (χ0n) is 3.98. The third kappa shape index (κ3) is 3.32. The molecule has 0 aromatic carbocycles. The molecular formula is C3H9INP. The van der Waals surface area contributed by atoms with Gasteiger partial charge >= 0.3 is 0 Å². The predicted octanol–water partition coefficient (Wildman–Crippen LogP) is 1.49. The van der Waals surface area contributed by atoms with Crippen LogP contribution in [-0.2, 0) is 0 Å². The van der Waals surface area contributed by atoms with Crippen LogP contribution in [0.1, 0.15) is 6.92 Å².